The van der Waals surface area contributed by atoms with E-state index in [1.807, 2.05) is 0 Å². The molecule has 32 heavy (non-hydrogen) atoms. The molecule has 2 aromatic carbocycles. The largest absolute Gasteiger partial charge is 0.459 e. The molecule has 1 saturated heterocycles. The van der Waals surface area contributed by atoms with Crippen molar-refractivity contribution in [2.45, 2.75) is 17.9 Å². The first-order chi connectivity index (χ1) is 15.1. The molecule has 2 amide bonds. The molecule has 3 unspecified atom stereocenters. The second kappa shape index (κ2) is 8.10. The van der Waals surface area contributed by atoms with Crippen LogP contribution in [0.3, 0.4) is 0 Å². The van der Waals surface area contributed by atoms with Gasteiger partial charge in [-0.2, -0.15) is 13.2 Å². The minimum atomic E-state index is -5.33. The van der Waals surface area contributed by atoms with Crippen LogP contribution in [0.5, 0.6) is 0 Å². The van der Waals surface area contributed by atoms with Crippen molar-refractivity contribution in [3.05, 3.63) is 82.5 Å². The van der Waals surface area contributed by atoms with Gasteiger partial charge in [0, 0.05) is 15.6 Å². The van der Waals surface area contributed by atoms with E-state index < -0.39 is 35.7 Å². The van der Waals surface area contributed by atoms with Gasteiger partial charge in [-0.3, -0.25) is 4.79 Å². The number of urea groups is 1. The van der Waals surface area contributed by atoms with E-state index in [9.17, 15) is 27.9 Å². The summed E-state index contributed by atoms with van der Waals surface area (Å²) < 4.78 is 48.4. The van der Waals surface area contributed by atoms with Crippen LogP contribution in [0.25, 0.3) is 11.3 Å². The van der Waals surface area contributed by atoms with Crippen molar-refractivity contribution in [2.75, 3.05) is 0 Å². The van der Waals surface area contributed by atoms with Crippen LogP contribution in [0.15, 0.2) is 75.6 Å². The zero-order valence-corrected chi connectivity index (χ0v) is 17.8. The molecule has 1 aliphatic heterocycles. The molecule has 3 aromatic rings. The Kier molecular flexibility index (Phi) is 5.59. The van der Waals surface area contributed by atoms with Gasteiger partial charge in [0.1, 0.15) is 23.5 Å². The SMILES string of the molecule is O=C1NC(c2ccc(-c3ccc(Br)cc3)o2)C(C(=O)c2ccccc2)C(O)(C(F)(F)F)N1. The fourth-order valence-corrected chi connectivity index (χ4v) is 3.91. The van der Waals surface area contributed by atoms with Gasteiger partial charge in [0.25, 0.3) is 0 Å². The van der Waals surface area contributed by atoms with E-state index in [-0.39, 0.29) is 11.3 Å². The number of Topliss-reactive ketones (excluding diaryl/α,β-unsaturated/α-hetero) is 1. The molecule has 0 aliphatic carbocycles. The first-order valence-electron chi connectivity index (χ1n) is 9.43. The van der Waals surface area contributed by atoms with Crippen LogP contribution in [-0.2, 0) is 0 Å². The zero-order valence-electron chi connectivity index (χ0n) is 16.2. The summed E-state index contributed by atoms with van der Waals surface area (Å²) in [6.45, 7) is 0. The number of amides is 2. The number of rotatable bonds is 4. The third-order valence-electron chi connectivity index (χ3n) is 5.21. The molecular weight excluding hydrogens is 493 g/mol. The molecule has 1 fully saturated rings. The number of benzene rings is 2. The maximum atomic E-state index is 13.9. The average molecular weight is 509 g/mol. The van der Waals surface area contributed by atoms with E-state index in [4.69, 9.17) is 4.42 Å². The first-order valence-corrected chi connectivity index (χ1v) is 10.2. The third kappa shape index (κ3) is 3.91. The average Bonchev–Trinajstić information content (AvgIpc) is 3.23. The Balaban J connectivity index is 1.80. The molecule has 1 aliphatic rings. The van der Waals surface area contributed by atoms with Gasteiger partial charge in [0.2, 0.25) is 5.72 Å². The number of furan rings is 1. The lowest BCUT2D eigenvalue weighted by molar-refractivity contribution is -0.288. The highest BCUT2D eigenvalue weighted by Crippen LogP contribution is 2.44. The monoisotopic (exact) mass is 508 g/mol. The summed E-state index contributed by atoms with van der Waals surface area (Å²) in [5, 5.41) is 14.4. The highest BCUT2D eigenvalue weighted by molar-refractivity contribution is 9.10. The van der Waals surface area contributed by atoms with Crippen molar-refractivity contribution in [3.63, 3.8) is 0 Å². The maximum Gasteiger partial charge on any atom is 0.437 e. The van der Waals surface area contributed by atoms with Gasteiger partial charge in [0.15, 0.2) is 5.78 Å². The summed E-state index contributed by atoms with van der Waals surface area (Å²) in [6.07, 6.45) is -5.33. The predicted octanol–water partition coefficient (Wildman–Crippen LogP) is 4.81. The van der Waals surface area contributed by atoms with Crippen LogP contribution < -0.4 is 10.6 Å². The van der Waals surface area contributed by atoms with Crippen LogP contribution in [0.2, 0.25) is 0 Å². The van der Waals surface area contributed by atoms with Gasteiger partial charge < -0.3 is 20.2 Å². The van der Waals surface area contributed by atoms with Crippen molar-refractivity contribution in [1.29, 1.82) is 0 Å². The second-order valence-corrected chi connectivity index (χ2v) is 8.17. The Morgan fingerprint density at radius 2 is 1.69 bits per heavy atom. The number of hydrogen-bond donors (Lipinski definition) is 3. The van der Waals surface area contributed by atoms with Crippen molar-refractivity contribution < 1.29 is 32.3 Å². The summed E-state index contributed by atoms with van der Waals surface area (Å²) >= 11 is 3.31. The Morgan fingerprint density at radius 3 is 2.31 bits per heavy atom. The van der Waals surface area contributed by atoms with Gasteiger partial charge in [0.05, 0.1) is 0 Å². The number of halogens is 4. The van der Waals surface area contributed by atoms with Gasteiger partial charge in [-0.15, -0.1) is 0 Å². The lowest BCUT2D eigenvalue weighted by Gasteiger charge is -2.44. The molecule has 0 spiro atoms. The van der Waals surface area contributed by atoms with E-state index in [0.717, 1.165) is 4.47 Å². The Morgan fingerprint density at radius 1 is 1.03 bits per heavy atom. The van der Waals surface area contributed by atoms with Crippen molar-refractivity contribution >= 4 is 27.7 Å². The highest BCUT2D eigenvalue weighted by atomic mass is 79.9. The van der Waals surface area contributed by atoms with E-state index in [1.165, 1.54) is 41.7 Å². The fraction of sp³-hybridized carbons (Fsp3) is 0.182. The molecule has 0 bridgehead atoms. The second-order valence-electron chi connectivity index (χ2n) is 7.26. The highest BCUT2D eigenvalue weighted by Gasteiger charge is 2.66. The number of carbonyl (C=O) groups excluding carboxylic acids is 2. The van der Waals surface area contributed by atoms with Crippen molar-refractivity contribution in [2.24, 2.45) is 5.92 Å². The Labute approximate surface area is 188 Å². The van der Waals surface area contributed by atoms with Gasteiger partial charge >= 0.3 is 12.2 Å². The number of carbonyl (C=O) groups is 2. The molecule has 2 heterocycles. The Bertz CT molecular complexity index is 1150. The van der Waals surface area contributed by atoms with E-state index >= 15 is 0 Å². The van der Waals surface area contributed by atoms with Crippen molar-refractivity contribution in [1.82, 2.24) is 10.6 Å². The van der Waals surface area contributed by atoms with Crippen molar-refractivity contribution in [3.8, 4) is 11.3 Å². The van der Waals surface area contributed by atoms with Crippen LogP contribution >= 0.6 is 15.9 Å². The lowest BCUT2D eigenvalue weighted by Crippen LogP contribution is -2.72. The molecule has 166 valence electrons. The number of aliphatic hydroxyl groups is 1. The molecule has 0 saturated carbocycles. The van der Waals surface area contributed by atoms with E-state index in [2.05, 4.69) is 21.2 Å². The predicted molar refractivity (Wildman–Crippen MR) is 112 cm³/mol. The summed E-state index contributed by atoms with van der Waals surface area (Å²) in [5.41, 5.74) is -3.23. The van der Waals surface area contributed by atoms with Gasteiger partial charge in [-0.25, -0.2) is 4.79 Å². The molecule has 0 radical (unpaired) electrons. The van der Waals surface area contributed by atoms with Crippen LogP contribution in [0.4, 0.5) is 18.0 Å². The van der Waals surface area contributed by atoms with Gasteiger partial charge in [-0.05, 0) is 24.3 Å². The number of alkyl halides is 3. The number of hydrogen-bond acceptors (Lipinski definition) is 4. The summed E-state index contributed by atoms with van der Waals surface area (Å²) in [7, 11) is 0. The molecule has 1 aromatic heterocycles. The summed E-state index contributed by atoms with van der Waals surface area (Å²) in [6, 6.07) is 14.2. The van der Waals surface area contributed by atoms with Crippen LogP contribution in [0, 0.1) is 5.92 Å². The minimum Gasteiger partial charge on any atom is -0.459 e. The van der Waals surface area contributed by atoms with Crippen LogP contribution in [-0.4, -0.2) is 28.8 Å². The van der Waals surface area contributed by atoms with Gasteiger partial charge in [-0.1, -0.05) is 58.4 Å². The fourth-order valence-electron chi connectivity index (χ4n) is 3.65. The standard InChI is InChI=1S/C22H16BrF3N2O4/c23-14-8-6-12(7-9-14)15-10-11-16(32-15)18-17(19(29)13-4-2-1-3-5-13)21(31,22(24,25)26)28-20(30)27-18/h1-11,17-18,31H,(H2,27,28,30). The molecule has 10 heteroatoms. The Hall–Kier alpha value is -3.11. The quantitative estimate of drug-likeness (QED) is 0.441. The third-order valence-corrected chi connectivity index (χ3v) is 5.74. The summed E-state index contributed by atoms with van der Waals surface area (Å²) in [4.78, 5) is 25.3. The first kappa shape index (κ1) is 22.1. The zero-order chi connectivity index (χ0) is 23.1. The normalized spacial score (nSPS) is 23.3. The number of nitrogens with one attached hydrogen (secondary N) is 2. The molecule has 3 atom stereocenters. The lowest BCUT2D eigenvalue weighted by atomic mass is 9.79. The molecule has 3 N–H and O–H groups in total. The molecular formula is C22H16BrF3N2O4. The maximum absolute atomic E-state index is 13.9. The summed E-state index contributed by atoms with van der Waals surface area (Å²) in [5.74, 6) is -2.94. The number of ketones is 1. The topological polar surface area (TPSA) is 91.6 Å². The smallest absolute Gasteiger partial charge is 0.437 e. The minimum absolute atomic E-state index is 0.0530. The van der Waals surface area contributed by atoms with Crippen LogP contribution in [0.1, 0.15) is 22.2 Å². The van der Waals surface area contributed by atoms with E-state index in [0.29, 0.717) is 11.3 Å². The van der Waals surface area contributed by atoms with E-state index in [1.54, 1.807) is 30.3 Å². The molecule has 4 rings (SSSR count). The molecule has 6 nitrogen and oxygen atoms in total.